The van der Waals surface area contributed by atoms with E-state index >= 15 is 0 Å². The van der Waals surface area contributed by atoms with E-state index in [0.29, 0.717) is 17.2 Å². The van der Waals surface area contributed by atoms with Crippen LogP contribution in [0.3, 0.4) is 0 Å². The average molecular weight is 336 g/mol. The first kappa shape index (κ1) is 17.0. The maximum Gasteiger partial charge on any atom is 0.263 e. The van der Waals surface area contributed by atoms with Crippen LogP contribution in [0.5, 0.6) is 11.5 Å². The molecule has 0 aromatic heterocycles. The van der Waals surface area contributed by atoms with Crippen molar-refractivity contribution >= 4 is 21.4 Å². The molecule has 0 aliphatic rings. The predicted molar refractivity (Wildman–Crippen MR) is 90.4 cm³/mol. The summed E-state index contributed by atoms with van der Waals surface area (Å²) in [5, 5.41) is 0. The number of sulfonamides is 1. The molecule has 0 saturated heterocycles. The highest BCUT2D eigenvalue weighted by Crippen LogP contribution is 2.27. The SMILES string of the molecule is COc1ccc(NS(=O)(=O)c2ccc(OC(C)C)cc2N)cc1. The van der Waals surface area contributed by atoms with Crippen molar-refractivity contribution < 1.29 is 17.9 Å². The second kappa shape index (κ2) is 6.78. The minimum Gasteiger partial charge on any atom is -0.497 e. The van der Waals surface area contributed by atoms with Crippen LogP contribution in [0.15, 0.2) is 47.4 Å². The van der Waals surface area contributed by atoms with Crippen LogP contribution in [0.4, 0.5) is 11.4 Å². The van der Waals surface area contributed by atoms with Crippen LogP contribution in [0.1, 0.15) is 13.8 Å². The van der Waals surface area contributed by atoms with Crippen LogP contribution in [0.2, 0.25) is 0 Å². The largest absolute Gasteiger partial charge is 0.497 e. The summed E-state index contributed by atoms with van der Waals surface area (Å²) >= 11 is 0. The summed E-state index contributed by atoms with van der Waals surface area (Å²) in [7, 11) is -2.24. The van der Waals surface area contributed by atoms with E-state index in [2.05, 4.69) is 4.72 Å². The average Bonchev–Trinajstić information content (AvgIpc) is 2.46. The molecule has 0 fully saturated rings. The summed E-state index contributed by atoms with van der Waals surface area (Å²) < 4.78 is 37.9. The van der Waals surface area contributed by atoms with E-state index in [9.17, 15) is 8.42 Å². The number of rotatable bonds is 6. The molecule has 0 unspecified atom stereocenters. The molecule has 0 radical (unpaired) electrons. The fraction of sp³-hybridized carbons (Fsp3) is 0.250. The van der Waals surface area contributed by atoms with E-state index in [1.54, 1.807) is 37.4 Å². The monoisotopic (exact) mass is 336 g/mol. The molecule has 0 aliphatic heterocycles. The molecule has 0 spiro atoms. The molecule has 0 bridgehead atoms. The van der Waals surface area contributed by atoms with Gasteiger partial charge in [0.05, 0.1) is 18.9 Å². The first-order valence-corrected chi connectivity index (χ1v) is 8.53. The second-order valence-corrected chi connectivity index (χ2v) is 6.85. The topological polar surface area (TPSA) is 90.6 Å². The summed E-state index contributed by atoms with van der Waals surface area (Å²) in [5.41, 5.74) is 6.42. The third-order valence-electron chi connectivity index (χ3n) is 2.98. The molecule has 0 heterocycles. The minimum atomic E-state index is -3.78. The van der Waals surface area contributed by atoms with Crippen molar-refractivity contribution in [1.29, 1.82) is 0 Å². The summed E-state index contributed by atoms with van der Waals surface area (Å²) in [5.74, 6) is 1.17. The van der Waals surface area contributed by atoms with Crippen molar-refractivity contribution in [3.05, 3.63) is 42.5 Å². The molecule has 3 N–H and O–H groups in total. The van der Waals surface area contributed by atoms with Crippen molar-refractivity contribution in [2.45, 2.75) is 24.8 Å². The van der Waals surface area contributed by atoms with E-state index in [-0.39, 0.29) is 16.7 Å². The van der Waals surface area contributed by atoms with Gasteiger partial charge < -0.3 is 15.2 Å². The Kier molecular flexibility index (Phi) is 5.00. The number of hydrogen-bond donors (Lipinski definition) is 2. The number of ether oxygens (including phenoxy) is 2. The molecule has 2 rings (SSSR count). The van der Waals surface area contributed by atoms with E-state index in [4.69, 9.17) is 15.2 Å². The molecular weight excluding hydrogens is 316 g/mol. The molecule has 0 saturated carbocycles. The van der Waals surface area contributed by atoms with Gasteiger partial charge in [0, 0.05) is 11.8 Å². The Balaban J connectivity index is 2.24. The van der Waals surface area contributed by atoms with Crippen LogP contribution < -0.4 is 19.9 Å². The Morgan fingerprint density at radius 3 is 2.17 bits per heavy atom. The van der Waals surface area contributed by atoms with E-state index in [1.807, 2.05) is 13.8 Å². The lowest BCUT2D eigenvalue weighted by molar-refractivity contribution is 0.242. The number of benzene rings is 2. The standard InChI is InChI=1S/C16H20N2O4S/c1-11(2)22-14-8-9-16(15(17)10-14)23(19,20)18-12-4-6-13(21-3)7-5-12/h4-11,18H,17H2,1-3H3. The molecule has 2 aromatic rings. The molecule has 23 heavy (non-hydrogen) atoms. The van der Waals surface area contributed by atoms with Crippen LogP contribution in [-0.4, -0.2) is 21.6 Å². The summed E-state index contributed by atoms with van der Waals surface area (Å²) in [6, 6.07) is 11.1. The lowest BCUT2D eigenvalue weighted by Gasteiger charge is -2.13. The number of nitrogens with two attached hydrogens (primary N) is 1. The van der Waals surface area contributed by atoms with Crippen molar-refractivity contribution in [3.8, 4) is 11.5 Å². The van der Waals surface area contributed by atoms with Gasteiger partial charge in [-0.05, 0) is 50.2 Å². The second-order valence-electron chi connectivity index (χ2n) is 5.20. The molecular formula is C16H20N2O4S. The van der Waals surface area contributed by atoms with Gasteiger partial charge in [0.1, 0.15) is 16.4 Å². The van der Waals surface area contributed by atoms with Gasteiger partial charge in [-0.1, -0.05) is 0 Å². The van der Waals surface area contributed by atoms with Crippen molar-refractivity contribution in [1.82, 2.24) is 0 Å². The number of anilines is 2. The summed E-state index contributed by atoms with van der Waals surface area (Å²) in [4.78, 5) is 0.00410. The van der Waals surface area contributed by atoms with Crippen molar-refractivity contribution in [2.24, 2.45) is 0 Å². The van der Waals surface area contributed by atoms with Crippen LogP contribution in [0.25, 0.3) is 0 Å². The summed E-state index contributed by atoms with van der Waals surface area (Å²) in [6.07, 6.45) is -0.0192. The van der Waals surface area contributed by atoms with E-state index in [1.165, 1.54) is 12.1 Å². The fourth-order valence-corrected chi connectivity index (χ4v) is 3.16. The quantitative estimate of drug-likeness (QED) is 0.792. The van der Waals surface area contributed by atoms with Gasteiger partial charge in [0.2, 0.25) is 0 Å². The molecule has 7 heteroatoms. The molecule has 0 atom stereocenters. The van der Waals surface area contributed by atoms with Crippen LogP contribution >= 0.6 is 0 Å². The maximum atomic E-state index is 12.4. The lowest BCUT2D eigenvalue weighted by atomic mass is 10.3. The van der Waals surface area contributed by atoms with Gasteiger partial charge in [-0.2, -0.15) is 0 Å². The Labute approximate surface area is 136 Å². The predicted octanol–water partition coefficient (Wildman–Crippen LogP) is 2.87. The van der Waals surface area contributed by atoms with Crippen LogP contribution in [-0.2, 0) is 10.0 Å². The highest BCUT2D eigenvalue weighted by Gasteiger charge is 2.18. The fourth-order valence-electron chi connectivity index (χ4n) is 1.99. The summed E-state index contributed by atoms with van der Waals surface area (Å²) in [6.45, 7) is 3.76. The zero-order valence-corrected chi connectivity index (χ0v) is 14.1. The van der Waals surface area contributed by atoms with Gasteiger partial charge in [-0.15, -0.1) is 0 Å². The normalized spacial score (nSPS) is 11.3. The van der Waals surface area contributed by atoms with Gasteiger partial charge in [-0.25, -0.2) is 8.42 Å². The van der Waals surface area contributed by atoms with Gasteiger partial charge >= 0.3 is 0 Å². The van der Waals surface area contributed by atoms with E-state index in [0.717, 1.165) is 0 Å². The van der Waals surface area contributed by atoms with Crippen molar-refractivity contribution in [3.63, 3.8) is 0 Å². The Hall–Kier alpha value is -2.41. The van der Waals surface area contributed by atoms with Gasteiger partial charge in [-0.3, -0.25) is 4.72 Å². The Morgan fingerprint density at radius 2 is 1.65 bits per heavy atom. The van der Waals surface area contributed by atoms with Crippen LogP contribution in [0, 0.1) is 0 Å². The Bertz CT molecular complexity index is 771. The smallest absolute Gasteiger partial charge is 0.263 e. The van der Waals surface area contributed by atoms with E-state index < -0.39 is 10.0 Å². The first-order valence-electron chi connectivity index (χ1n) is 7.05. The third kappa shape index (κ3) is 4.29. The highest BCUT2D eigenvalue weighted by atomic mass is 32.2. The first-order chi connectivity index (χ1) is 10.8. The molecule has 6 nitrogen and oxygen atoms in total. The minimum absolute atomic E-state index is 0.00410. The molecule has 2 aromatic carbocycles. The zero-order valence-electron chi connectivity index (χ0n) is 13.2. The van der Waals surface area contributed by atoms with Crippen molar-refractivity contribution in [2.75, 3.05) is 17.6 Å². The maximum absolute atomic E-state index is 12.4. The third-order valence-corrected chi connectivity index (χ3v) is 4.44. The van der Waals surface area contributed by atoms with Gasteiger partial charge in [0.15, 0.2) is 0 Å². The molecule has 0 amide bonds. The zero-order chi connectivity index (χ0) is 17.0. The Morgan fingerprint density at radius 1 is 1.04 bits per heavy atom. The number of nitrogen functional groups attached to an aromatic ring is 1. The molecule has 0 aliphatic carbocycles. The molecule has 124 valence electrons. The highest BCUT2D eigenvalue weighted by molar-refractivity contribution is 7.92. The number of nitrogens with one attached hydrogen (secondary N) is 1. The number of hydrogen-bond acceptors (Lipinski definition) is 5. The lowest BCUT2D eigenvalue weighted by Crippen LogP contribution is -2.15. The van der Waals surface area contributed by atoms with Gasteiger partial charge in [0.25, 0.3) is 10.0 Å². The number of methoxy groups -OCH3 is 1.